The fourth-order valence-corrected chi connectivity index (χ4v) is 5.73. The fourth-order valence-electron chi connectivity index (χ4n) is 3.42. The second-order valence-electron chi connectivity index (χ2n) is 6.62. The van der Waals surface area contributed by atoms with Gasteiger partial charge in [-0.25, -0.2) is 4.98 Å². The zero-order chi connectivity index (χ0) is 18.3. The van der Waals surface area contributed by atoms with Gasteiger partial charge in [0.05, 0.1) is 17.7 Å². The number of thioether (sulfide) groups is 1. The van der Waals surface area contributed by atoms with E-state index in [1.165, 1.54) is 22.2 Å². The Morgan fingerprint density at radius 3 is 2.88 bits per heavy atom. The second kappa shape index (κ2) is 7.35. The number of fused-ring (bicyclic) bond motifs is 3. The van der Waals surface area contributed by atoms with Gasteiger partial charge in [-0.2, -0.15) is 0 Å². The fraction of sp³-hybridized carbons (Fsp3) is 0.368. The highest BCUT2D eigenvalue weighted by molar-refractivity contribution is 7.99. The van der Waals surface area contributed by atoms with Gasteiger partial charge in [-0.15, -0.1) is 11.3 Å². The number of hydrogen-bond donors (Lipinski definition) is 1. The van der Waals surface area contributed by atoms with Gasteiger partial charge in [0.1, 0.15) is 4.83 Å². The van der Waals surface area contributed by atoms with Crippen LogP contribution in [0, 0.1) is 5.92 Å². The van der Waals surface area contributed by atoms with Gasteiger partial charge in [0.15, 0.2) is 5.16 Å². The predicted molar refractivity (Wildman–Crippen MR) is 109 cm³/mol. The van der Waals surface area contributed by atoms with Crippen molar-refractivity contribution in [2.75, 3.05) is 12.4 Å². The van der Waals surface area contributed by atoms with Crippen LogP contribution in [-0.2, 0) is 12.8 Å². The number of aryl methyl sites for hydroxylation is 1. The molecular formula is C19H19ClN2O2S2. The highest BCUT2D eigenvalue weighted by Gasteiger charge is 2.25. The first-order valence-corrected chi connectivity index (χ1v) is 10.8. The highest BCUT2D eigenvalue weighted by atomic mass is 35.5. The summed E-state index contributed by atoms with van der Waals surface area (Å²) in [6, 6.07) is 7.22. The van der Waals surface area contributed by atoms with Crippen LogP contribution < -0.4 is 5.56 Å². The largest absolute Gasteiger partial charge is 0.396 e. The Labute approximate surface area is 164 Å². The smallest absolute Gasteiger partial charge is 0.267 e. The minimum atomic E-state index is -0.0233. The molecule has 1 aliphatic rings. The van der Waals surface area contributed by atoms with Gasteiger partial charge in [-0.05, 0) is 55.0 Å². The first kappa shape index (κ1) is 18.0. The minimum Gasteiger partial charge on any atom is -0.396 e. The number of halogens is 1. The molecule has 0 bridgehead atoms. The van der Waals surface area contributed by atoms with Crippen molar-refractivity contribution in [1.82, 2.24) is 9.55 Å². The van der Waals surface area contributed by atoms with Crippen molar-refractivity contribution in [3.63, 3.8) is 0 Å². The van der Waals surface area contributed by atoms with Crippen LogP contribution in [0.5, 0.6) is 0 Å². The first-order chi connectivity index (χ1) is 12.6. The molecule has 1 N–H and O–H groups in total. The standard InChI is InChI=1S/C19H19ClN2O2S2/c1-11-2-7-14-15(10-11)26-17-16(14)18(24)22(19(21-17)25-9-8-23)13-5-3-12(20)4-6-13/h3-6,11,23H,2,7-10H2,1H3/t11-/m1/s1. The maximum Gasteiger partial charge on any atom is 0.267 e. The van der Waals surface area contributed by atoms with Crippen LogP contribution in [0.4, 0.5) is 0 Å². The van der Waals surface area contributed by atoms with Crippen molar-refractivity contribution >= 4 is 44.9 Å². The number of aromatic nitrogens is 2. The molecule has 0 spiro atoms. The van der Waals surface area contributed by atoms with Crippen LogP contribution in [-0.4, -0.2) is 27.0 Å². The van der Waals surface area contributed by atoms with Gasteiger partial charge >= 0.3 is 0 Å². The molecular weight excluding hydrogens is 388 g/mol. The van der Waals surface area contributed by atoms with E-state index in [0.29, 0.717) is 21.8 Å². The third-order valence-corrected chi connectivity index (χ3v) is 7.02. The van der Waals surface area contributed by atoms with E-state index in [0.717, 1.165) is 35.2 Å². The maximum absolute atomic E-state index is 13.4. The number of aliphatic hydroxyl groups is 1. The SMILES string of the molecule is C[C@@H]1CCc2c(sc3nc(SCCO)n(-c4ccc(Cl)cc4)c(=O)c23)C1. The van der Waals surface area contributed by atoms with Gasteiger partial charge in [0.25, 0.3) is 5.56 Å². The van der Waals surface area contributed by atoms with Crippen molar-refractivity contribution in [2.24, 2.45) is 5.92 Å². The monoisotopic (exact) mass is 406 g/mol. The topological polar surface area (TPSA) is 55.1 Å². The normalized spacial score (nSPS) is 16.8. The van der Waals surface area contributed by atoms with Crippen LogP contribution in [0.15, 0.2) is 34.2 Å². The molecule has 2 heterocycles. The van der Waals surface area contributed by atoms with Crippen LogP contribution in [0.25, 0.3) is 15.9 Å². The predicted octanol–water partition coefficient (Wildman–Crippen LogP) is 4.31. The molecule has 0 amide bonds. The molecule has 1 aromatic carbocycles. The summed E-state index contributed by atoms with van der Waals surface area (Å²) in [5.41, 5.74) is 1.91. The van der Waals surface area contributed by atoms with Gasteiger partial charge in [-0.1, -0.05) is 30.3 Å². The maximum atomic E-state index is 13.4. The summed E-state index contributed by atoms with van der Waals surface area (Å²) >= 11 is 9.06. The lowest BCUT2D eigenvalue weighted by Crippen LogP contribution is -2.22. The molecule has 2 aromatic heterocycles. The van der Waals surface area contributed by atoms with E-state index in [9.17, 15) is 9.90 Å². The van der Waals surface area contributed by atoms with E-state index in [1.54, 1.807) is 28.0 Å². The zero-order valence-electron chi connectivity index (χ0n) is 14.4. The minimum absolute atomic E-state index is 0.0233. The molecule has 1 atom stereocenters. The summed E-state index contributed by atoms with van der Waals surface area (Å²) in [7, 11) is 0. The Bertz CT molecular complexity index is 1010. The molecule has 136 valence electrons. The molecule has 0 saturated heterocycles. The summed E-state index contributed by atoms with van der Waals surface area (Å²) in [4.78, 5) is 20.4. The van der Waals surface area contributed by atoms with E-state index >= 15 is 0 Å². The number of nitrogens with zero attached hydrogens (tertiary/aromatic N) is 2. The molecule has 0 saturated carbocycles. The van der Waals surface area contributed by atoms with Gasteiger partial charge in [-0.3, -0.25) is 9.36 Å². The Morgan fingerprint density at radius 1 is 1.38 bits per heavy atom. The second-order valence-corrected chi connectivity index (χ2v) is 9.20. The summed E-state index contributed by atoms with van der Waals surface area (Å²) in [6.07, 6.45) is 3.08. The third kappa shape index (κ3) is 3.20. The molecule has 4 nitrogen and oxygen atoms in total. The number of hydrogen-bond acceptors (Lipinski definition) is 5. The van der Waals surface area contributed by atoms with E-state index in [1.807, 2.05) is 12.1 Å². The van der Waals surface area contributed by atoms with Gasteiger partial charge < -0.3 is 5.11 Å². The van der Waals surface area contributed by atoms with E-state index in [2.05, 4.69) is 6.92 Å². The van der Waals surface area contributed by atoms with E-state index in [-0.39, 0.29) is 12.2 Å². The molecule has 4 rings (SSSR count). The van der Waals surface area contributed by atoms with Crippen molar-refractivity contribution < 1.29 is 5.11 Å². The lowest BCUT2D eigenvalue weighted by atomic mass is 9.89. The van der Waals surface area contributed by atoms with Gasteiger partial charge in [0.2, 0.25) is 0 Å². The number of benzene rings is 1. The Kier molecular flexibility index (Phi) is 5.10. The van der Waals surface area contributed by atoms with Gasteiger partial charge in [0, 0.05) is 15.7 Å². The zero-order valence-corrected chi connectivity index (χ0v) is 16.8. The molecule has 26 heavy (non-hydrogen) atoms. The summed E-state index contributed by atoms with van der Waals surface area (Å²) in [6.45, 7) is 2.30. The highest BCUT2D eigenvalue weighted by Crippen LogP contribution is 2.37. The molecule has 0 aliphatic heterocycles. The lowest BCUT2D eigenvalue weighted by Gasteiger charge is -2.17. The molecule has 1 aliphatic carbocycles. The van der Waals surface area contributed by atoms with E-state index < -0.39 is 0 Å². The van der Waals surface area contributed by atoms with Crippen LogP contribution in [0.2, 0.25) is 5.02 Å². The van der Waals surface area contributed by atoms with Crippen LogP contribution in [0.1, 0.15) is 23.8 Å². The van der Waals surface area contributed by atoms with Crippen molar-refractivity contribution in [3.05, 3.63) is 50.1 Å². The average Bonchev–Trinajstić information content (AvgIpc) is 2.98. The Hall–Kier alpha value is -1.34. The third-order valence-electron chi connectivity index (χ3n) is 4.71. The summed E-state index contributed by atoms with van der Waals surface area (Å²) in [5.74, 6) is 1.14. The Balaban J connectivity index is 1.96. The van der Waals surface area contributed by atoms with Crippen LogP contribution in [0.3, 0.4) is 0 Å². The average molecular weight is 407 g/mol. The van der Waals surface area contributed by atoms with Crippen molar-refractivity contribution in [3.8, 4) is 5.69 Å². The summed E-state index contributed by atoms with van der Waals surface area (Å²) in [5, 5.41) is 11.2. The van der Waals surface area contributed by atoms with Crippen LogP contribution >= 0.6 is 34.7 Å². The number of rotatable bonds is 4. The molecule has 0 unspecified atom stereocenters. The molecule has 7 heteroatoms. The van der Waals surface area contributed by atoms with Crippen molar-refractivity contribution in [2.45, 2.75) is 31.3 Å². The Morgan fingerprint density at radius 2 is 2.15 bits per heavy atom. The first-order valence-electron chi connectivity index (χ1n) is 8.65. The molecule has 0 radical (unpaired) electrons. The number of aliphatic hydroxyl groups excluding tert-OH is 1. The lowest BCUT2D eigenvalue weighted by molar-refractivity contribution is 0.322. The van der Waals surface area contributed by atoms with Crippen molar-refractivity contribution in [1.29, 1.82) is 0 Å². The molecule has 0 fully saturated rings. The quantitative estimate of drug-likeness (QED) is 0.518. The summed E-state index contributed by atoms with van der Waals surface area (Å²) < 4.78 is 1.66. The van der Waals surface area contributed by atoms with E-state index in [4.69, 9.17) is 16.6 Å². The molecule has 3 aromatic rings. The number of thiophene rings is 1.